The third-order valence-corrected chi connectivity index (χ3v) is 2.26. The second-order valence-corrected chi connectivity index (χ2v) is 3.58. The predicted molar refractivity (Wildman–Crippen MR) is 64.4 cm³/mol. The first-order chi connectivity index (χ1) is 8.93. The highest BCUT2D eigenvalue weighted by Crippen LogP contribution is 2.24. The molecule has 1 aromatic carbocycles. The fourth-order valence-corrected chi connectivity index (χ4v) is 1.43. The number of carbonyl (C=O) groups is 2. The second-order valence-electron chi connectivity index (χ2n) is 3.58. The molecule has 0 radical (unpaired) electrons. The van der Waals surface area contributed by atoms with E-state index in [1.54, 1.807) is 6.92 Å². The van der Waals surface area contributed by atoms with Gasteiger partial charge in [-0.05, 0) is 23.8 Å². The number of halogens is 2. The minimum Gasteiger partial charge on any atom is -0.478 e. The third-order valence-electron chi connectivity index (χ3n) is 2.26. The lowest BCUT2D eigenvalue weighted by molar-refractivity contribution is -0.131. The van der Waals surface area contributed by atoms with Gasteiger partial charge in [0, 0.05) is 12.5 Å². The molecule has 0 atom stereocenters. The molecular weight excluding hydrogens is 258 g/mol. The Hall–Kier alpha value is -2.24. The van der Waals surface area contributed by atoms with Gasteiger partial charge < -0.3 is 9.84 Å². The summed E-state index contributed by atoms with van der Waals surface area (Å²) in [6, 6.07) is 3.93. The number of hydrogen-bond acceptors (Lipinski definition) is 3. The van der Waals surface area contributed by atoms with Crippen LogP contribution in [0.1, 0.15) is 29.3 Å². The van der Waals surface area contributed by atoms with Crippen LogP contribution in [0.4, 0.5) is 8.78 Å². The summed E-state index contributed by atoms with van der Waals surface area (Å²) < 4.78 is 28.6. The smallest absolute Gasteiger partial charge is 0.387 e. The average Bonchev–Trinajstić information content (AvgIpc) is 2.35. The van der Waals surface area contributed by atoms with E-state index in [4.69, 9.17) is 5.11 Å². The molecule has 0 fully saturated rings. The Kier molecular flexibility index (Phi) is 5.17. The number of Topliss-reactive ketones (excluding diaryl/α,β-unsaturated/α-hetero) is 1. The summed E-state index contributed by atoms with van der Waals surface area (Å²) in [5, 5.41) is 8.50. The van der Waals surface area contributed by atoms with E-state index in [0.29, 0.717) is 5.56 Å². The van der Waals surface area contributed by atoms with Gasteiger partial charge >= 0.3 is 12.6 Å². The highest BCUT2D eigenvalue weighted by molar-refractivity contribution is 5.99. The first kappa shape index (κ1) is 14.8. The van der Waals surface area contributed by atoms with Crippen LogP contribution in [-0.2, 0) is 4.79 Å². The number of rotatable bonds is 6. The summed E-state index contributed by atoms with van der Waals surface area (Å²) >= 11 is 0. The molecule has 0 saturated heterocycles. The summed E-state index contributed by atoms with van der Waals surface area (Å²) in [4.78, 5) is 22.0. The molecule has 19 heavy (non-hydrogen) atoms. The van der Waals surface area contributed by atoms with Gasteiger partial charge in [-0.1, -0.05) is 13.0 Å². The first-order valence-electron chi connectivity index (χ1n) is 5.47. The minimum atomic E-state index is -3.02. The number of carbonyl (C=O) groups excluding carboxylic acids is 1. The van der Waals surface area contributed by atoms with Crippen molar-refractivity contribution in [1.29, 1.82) is 0 Å². The zero-order valence-electron chi connectivity index (χ0n) is 10.1. The molecule has 102 valence electrons. The van der Waals surface area contributed by atoms with E-state index in [2.05, 4.69) is 4.74 Å². The zero-order valence-corrected chi connectivity index (χ0v) is 10.1. The van der Waals surface area contributed by atoms with Crippen molar-refractivity contribution in [3.63, 3.8) is 0 Å². The van der Waals surface area contributed by atoms with Crippen molar-refractivity contribution in [2.75, 3.05) is 0 Å². The number of alkyl halides is 2. The van der Waals surface area contributed by atoms with Crippen LogP contribution in [0, 0.1) is 0 Å². The Morgan fingerprint density at radius 1 is 1.42 bits per heavy atom. The van der Waals surface area contributed by atoms with E-state index in [-0.39, 0.29) is 23.5 Å². The molecule has 0 aromatic heterocycles. The van der Waals surface area contributed by atoms with Crippen LogP contribution in [0.5, 0.6) is 5.75 Å². The van der Waals surface area contributed by atoms with Crippen LogP contribution < -0.4 is 4.74 Å². The van der Waals surface area contributed by atoms with Gasteiger partial charge in [0.05, 0.1) is 5.56 Å². The van der Waals surface area contributed by atoms with Crippen LogP contribution in [-0.4, -0.2) is 23.5 Å². The molecular formula is C13H12F2O4. The number of hydrogen-bond donors (Lipinski definition) is 1. The van der Waals surface area contributed by atoms with Crippen LogP contribution in [0.25, 0.3) is 6.08 Å². The topological polar surface area (TPSA) is 63.6 Å². The Labute approximate surface area is 108 Å². The maximum Gasteiger partial charge on any atom is 0.387 e. The molecule has 0 saturated carbocycles. The SMILES string of the molecule is CCC(=O)c1cc(/C=C/C(=O)O)ccc1OC(F)F. The van der Waals surface area contributed by atoms with Crippen LogP contribution >= 0.6 is 0 Å². The Balaban J connectivity index is 3.14. The highest BCUT2D eigenvalue weighted by atomic mass is 19.3. The van der Waals surface area contributed by atoms with E-state index >= 15 is 0 Å². The molecule has 1 rings (SSSR count). The molecule has 6 heteroatoms. The molecule has 0 heterocycles. The van der Waals surface area contributed by atoms with E-state index in [9.17, 15) is 18.4 Å². The largest absolute Gasteiger partial charge is 0.478 e. The zero-order chi connectivity index (χ0) is 14.4. The molecule has 1 aromatic rings. The average molecular weight is 270 g/mol. The molecule has 0 amide bonds. The minimum absolute atomic E-state index is 0.00957. The Bertz CT molecular complexity index is 509. The van der Waals surface area contributed by atoms with Crippen molar-refractivity contribution in [3.8, 4) is 5.75 Å². The first-order valence-corrected chi connectivity index (χ1v) is 5.47. The monoisotopic (exact) mass is 270 g/mol. The maximum atomic E-state index is 12.2. The van der Waals surface area contributed by atoms with Gasteiger partial charge in [-0.15, -0.1) is 0 Å². The van der Waals surface area contributed by atoms with E-state index in [1.165, 1.54) is 24.3 Å². The number of aliphatic carboxylic acids is 1. The van der Waals surface area contributed by atoms with Crippen LogP contribution in [0.15, 0.2) is 24.3 Å². The van der Waals surface area contributed by atoms with Gasteiger partial charge in [0.2, 0.25) is 0 Å². The van der Waals surface area contributed by atoms with Crippen LogP contribution in [0.3, 0.4) is 0 Å². The van der Waals surface area contributed by atoms with Gasteiger partial charge in [0.1, 0.15) is 5.75 Å². The number of ketones is 1. The molecule has 0 bridgehead atoms. The summed E-state index contributed by atoms with van der Waals surface area (Å²) in [5.41, 5.74) is 0.427. The number of benzene rings is 1. The van der Waals surface area contributed by atoms with Crippen molar-refractivity contribution in [2.24, 2.45) is 0 Å². The van der Waals surface area contributed by atoms with Crippen LogP contribution in [0.2, 0.25) is 0 Å². The second kappa shape index (κ2) is 6.63. The summed E-state index contributed by atoms with van der Waals surface area (Å²) in [7, 11) is 0. The standard InChI is InChI=1S/C13H12F2O4/c1-2-10(16)9-7-8(4-6-12(17)18)3-5-11(9)19-13(14)15/h3-7,13H,2H2,1H3,(H,17,18)/b6-4+. The van der Waals surface area contributed by atoms with E-state index in [0.717, 1.165) is 6.08 Å². The van der Waals surface area contributed by atoms with Crippen molar-refractivity contribution >= 4 is 17.8 Å². The lowest BCUT2D eigenvalue weighted by Gasteiger charge is -2.10. The summed E-state index contributed by atoms with van der Waals surface area (Å²) in [6.07, 6.45) is 2.29. The summed E-state index contributed by atoms with van der Waals surface area (Å²) in [5.74, 6) is -1.72. The quantitative estimate of drug-likeness (QED) is 0.637. The van der Waals surface area contributed by atoms with Gasteiger partial charge in [-0.3, -0.25) is 4.79 Å². The van der Waals surface area contributed by atoms with Gasteiger partial charge in [0.25, 0.3) is 0 Å². The lowest BCUT2D eigenvalue weighted by atomic mass is 10.0. The molecule has 0 aliphatic heterocycles. The third kappa shape index (κ3) is 4.50. The van der Waals surface area contributed by atoms with E-state index in [1.807, 2.05) is 0 Å². The highest BCUT2D eigenvalue weighted by Gasteiger charge is 2.14. The number of carboxylic acid groups (broad SMARTS) is 1. The lowest BCUT2D eigenvalue weighted by Crippen LogP contribution is -2.07. The van der Waals surface area contributed by atoms with Gasteiger partial charge in [-0.2, -0.15) is 8.78 Å². The van der Waals surface area contributed by atoms with Crippen molar-refractivity contribution in [3.05, 3.63) is 35.4 Å². The predicted octanol–water partition coefficient (Wildman–Crippen LogP) is 2.98. The fourth-order valence-electron chi connectivity index (χ4n) is 1.43. The Morgan fingerprint density at radius 3 is 2.63 bits per heavy atom. The molecule has 0 unspecified atom stereocenters. The van der Waals surface area contributed by atoms with Crippen molar-refractivity contribution in [2.45, 2.75) is 20.0 Å². The molecule has 0 aliphatic rings. The Morgan fingerprint density at radius 2 is 2.11 bits per heavy atom. The normalized spacial score (nSPS) is 10.9. The van der Waals surface area contributed by atoms with Crippen molar-refractivity contribution in [1.82, 2.24) is 0 Å². The van der Waals surface area contributed by atoms with Crippen molar-refractivity contribution < 1.29 is 28.2 Å². The molecule has 0 aliphatic carbocycles. The molecule has 0 spiro atoms. The van der Waals surface area contributed by atoms with E-state index < -0.39 is 12.6 Å². The fraction of sp³-hybridized carbons (Fsp3) is 0.231. The van der Waals surface area contributed by atoms with Gasteiger partial charge in [0.15, 0.2) is 5.78 Å². The molecule has 1 N–H and O–H groups in total. The molecule has 4 nitrogen and oxygen atoms in total. The number of carboxylic acids is 1. The van der Waals surface area contributed by atoms with Gasteiger partial charge in [-0.25, -0.2) is 4.79 Å². The maximum absolute atomic E-state index is 12.2. The summed E-state index contributed by atoms with van der Waals surface area (Å²) in [6.45, 7) is -1.43. The number of ether oxygens (including phenoxy) is 1.